The van der Waals surface area contributed by atoms with Crippen LogP contribution in [0.3, 0.4) is 0 Å². The number of piperazine rings is 1. The van der Waals surface area contributed by atoms with Crippen LogP contribution in [-0.4, -0.2) is 60.4 Å². The van der Waals surface area contributed by atoms with Crippen molar-refractivity contribution in [3.05, 3.63) is 33.3 Å². The first-order chi connectivity index (χ1) is 11.4. The first-order valence-electron chi connectivity index (χ1n) is 8.16. The Kier molecular flexibility index (Phi) is 7.07. The van der Waals surface area contributed by atoms with E-state index in [-0.39, 0.29) is 17.9 Å². The number of hydrogen-bond acceptors (Lipinski definition) is 3. The first-order valence-corrected chi connectivity index (χ1v) is 9.33. The second-order valence-electron chi connectivity index (χ2n) is 6.07. The molecule has 0 aliphatic carbocycles. The third-order valence-electron chi connectivity index (χ3n) is 4.21. The number of benzene rings is 1. The minimum Gasteiger partial charge on any atom is -0.353 e. The summed E-state index contributed by atoms with van der Waals surface area (Å²) in [5.41, 5.74) is 0.575. The van der Waals surface area contributed by atoms with Gasteiger partial charge in [0.2, 0.25) is 5.91 Å². The van der Waals surface area contributed by atoms with Crippen molar-refractivity contribution in [2.45, 2.75) is 26.3 Å². The van der Waals surface area contributed by atoms with Crippen LogP contribution in [0, 0.1) is 0 Å². The highest BCUT2D eigenvalue weighted by Gasteiger charge is 2.24. The van der Waals surface area contributed by atoms with Gasteiger partial charge in [-0.05, 0) is 47.5 Å². The van der Waals surface area contributed by atoms with Crippen molar-refractivity contribution in [3.63, 3.8) is 0 Å². The average molecular weight is 417 g/mol. The number of nitrogens with one attached hydrogen (secondary N) is 1. The molecule has 1 saturated heterocycles. The Hall–Kier alpha value is -1.11. The molecule has 1 aromatic rings. The van der Waals surface area contributed by atoms with Crippen LogP contribution in [0.4, 0.5) is 0 Å². The molecule has 24 heavy (non-hydrogen) atoms. The summed E-state index contributed by atoms with van der Waals surface area (Å²) in [5, 5.41) is 3.51. The Morgan fingerprint density at radius 1 is 1.29 bits per heavy atom. The van der Waals surface area contributed by atoms with Crippen LogP contribution in [0.1, 0.15) is 30.6 Å². The van der Waals surface area contributed by atoms with E-state index in [0.29, 0.717) is 43.3 Å². The van der Waals surface area contributed by atoms with Crippen LogP contribution >= 0.6 is 27.5 Å². The zero-order valence-electron chi connectivity index (χ0n) is 14.0. The summed E-state index contributed by atoms with van der Waals surface area (Å²) in [7, 11) is 0. The Bertz CT molecular complexity index is 603. The number of carbonyl (C=O) groups excluding carboxylic acids is 2. The van der Waals surface area contributed by atoms with Gasteiger partial charge in [-0.25, -0.2) is 0 Å². The Balaban J connectivity index is 1.87. The van der Waals surface area contributed by atoms with Crippen molar-refractivity contribution in [1.29, 1.82) is 0 Å². The third-order valence-corrected chi connectivity index (χ3v) is 5.13. The number of amides is 2. The molecular formula is C17H23BrClN3O2. The molecule has 0 aromatic heterocycles. The fourth-order valence-electron chi connectivity index (χ4n) is 2.57. The second kappa shape index (κ2) is 8.83. The molecule has 1 N–H and O–H groups in total. The number of rotatable bonds is 5. The highest BCUT2D eigenvalue weighted by atomic mass is 79.9. The van der Waals surface area contributed by atoms with Crippen LogP contribution in [-0.2, 0) is 4.79 Å². The topological polar surface area (TPSA) is 52.7 Å². The lowest BCUT2D eigenvalue weighted by Crippen LogP contribution is -2.51. The van der Waals surface area contributed by atoms with E-state index in [1.165, 1.54) is 0 Å². The van der Waals surface area contributed by atoms with Gasteiger partial charge in [-0.1, -0.05) is 18.5 Å². The molecule has 1 unspecified atom stereocenters. The molecule has 1 aromatic carbocycles. The van der Waals surface area contributed by atoms with Crippen LogP contribution in [0.2, 0.25) is 5.02 Å². The minimum absolute atomic E-state index is 0.0342. The quantitative estimate of drug-likeness (QED) is 0.803. The summed E-state index contributed by atoms with van der Waals surface area (Å²) in [4.78, 5) is 28.5. The summed E-state index contributed by atoms with van der Waals surface area (Å²) in [5.74, 6) is 0.00907. The zero-order chi connectivity index (χ0) is 17.7. The van der Waals surface area contributed by atoms with Gasteiger partial charge in [-0.2, -0.15) is 0 Å². The van der Waals surface area contributed by atoms with Crippen LogP contribution in [0.15, 0.2) is 22.7 Å². The van der Waals surface area contributed by atoms with E-state index < -0.39 is 0 Å². The molecule has 0 spiro atoms. The summed E-state index contributed by atoms with van der Waals surface area (Å²) < 4.78 is 0.743. The molecule has 0 saturated carbocycles. The molecular weight excluding hydrogens is 394 g/mol. The smallest absolute Gasteiger partial charge is 0.255 e. The van der Waals surface area contributed by atoms with Crippen LogP contribution < -0.4 is 5.32 Å². The maximum absolute atomic E-state index is 12.6. The van der Waals surface area contributed by atoms with Gasteiger partial charge >= 0.3 is 0 Å². The van der Waals surface area contributed by atoms with Crippen molar-refractivity contribution in [2.75, 3.05) is 32.7 Å². The maximum atomic E-state index is 12.6. The first kappa shape index (κ1) is 19.2. The van der Waals surface area contributed by atoms with Crippen LogP contribution in [0.25, 0.3) is 0 Å². The molecule has 1 aliphatic heterocycles. The van der Waals surface area contributed by atoms with Crippen molar-refractivity contribution in [2.24, 2.45) is 0 Å². The van der Waals surface area contributed by atoms with Gasteiger partial charge in [0.15, 0.2) is 0 Å². The zero-order valence-corrected chi connectivity index (χ0v) is 16.4. The monoisotopic (exact) mass is 415 g/mol. The van der Waals surface area contributed by atoms with E-state index in [1.54, 1.807) is 23.1 Å². The predicted molar refractivity (Wildman–Crippen MR) is 99.4 cm³/mol. The van der Waals surface area contributed by atoms with Gasteiger partial charge in [-0.15, -0.1) is 0 Å². The lowest BCUT2D eigenvalue weighted by Gasteiger charge is -2.34. The summed E-state index contributed by atoms with van der Waals surface area (Å²) in [6, 6.07) is 5.40. The van der Waals surface area contributed by atoms with Gasteiger partial charge in [0.25, 0.3) is 5.91 Å². The van der Waals surface area contributed by atoms with E-state index in [9.17, 15) is 9.59 Å². The number of halogens is 2. The SMILES string of the molecule is CCC(C)NC(=O)CN1CCN(C(=O)c2cc(Cl)ccc2Br)CC1. The summed E-state index contributed by atoms with van der Waals surface area (Å²) >= 11 is 9.39. The largest absolute Gasteiger partial charge is 0.353 e. The molecule has 5 nitrogen and oxygen atoms in total. The molecule has 0 radical (unpaired) electrons. The molecule has 2 amide bonds. The van der Waals surface area contributed by atoms with Gasteiger partial charge in [0.05, 0.1) is 12.1 Å². The molecule has 1 fully saturated rings. The molecule has 132 valence electrons. The fourth-order valence-corrected chi connectivity index (χ4v) is 3.15. The normalized spacial score (nSPS) is 16.8. The fraction of sp³-hybridized carbons (Fsp3) is 0.529. The predicted octanol–water partition coefficient (Wildman–Crippen LogP) is 2.78. The van der Waals surface area contributed by atoms with Gasteiger partial charge in [0.1, 0.15) is 0 Å². The third kappa shape index (κ3) is 5.19. The highest BCUT2D eigenvalue weighted by molar-refractivity contribution is 9.10. The minimum atomic E-state index is -0.0342. The van der Waals surface area contributed by atoms with Crippen molar-refractivity contribution < 1.29 is 9.59 Å². The Morgan fingerprint density at radius 2 is 1.96 bits per heavy atom. The van der Waals surface area contributed by atoms with Gasteiger partial charge < -0.3 is 10.2 Å². The molecule has 1 aliphatic rings. The van der Waals surface area contributed by atoms with E-state index in [2.05, 4.69) is 26.1 Å². The second-order valence-corrected chi connectivity index (χ2v) is 7.36. The van der Waals surface area contributed by atoms with Crippen molar-refractivity contribution >= 4 is 39.3 Å². The summed E-state index contributed by atoms with van der Waals surface area (Å²) in [6.45, 7) is 7.02. The molecule has 7 heteroatoms. The van der Waals surface area contributed by atoms with Gasteiger partial charge in [0, 0.05) is 41.7 Å². The number of hydrogen-bond donors (Lipinski definition) is 1. The Morgan fingerprint density at radius 3 is 2.58 bits per heavy atom. The maximum Gasteiger partial charge on any atom is 0.255 e. The number of carbonyl (C=O) groups is 2. The average Bonchev–Trinajstić information content (AvgIpc) is 2.57. The summed E-state index contributed by atoms with van der Waals surface area (Å²) in [6.07, 6.45) is 0.919. The number of nitrogens with zero attached hydrogens (tertiary/aromatic N) is 2. The van der Waals surface area contributed by atoms with Gasteiger partial charge in [-0.3, -0.25) is 14.5 Å². The molecule has 2 rings (SSSR count). The van der Waals surface area contributed by atoms with E-state index in [4.69, 9.17) is 11.6 Å². The lowest BCUT2D eigenvalue weighted by molar-refractivity contribution is -0.123. The standard InChI is InChI=1S/C17H23BrClN3O2/c1-3-12(2)20-16(23)11-21-6-8-22(9-7-21)17(24)14-10-13(19)4-5-15(14)18/h4-5,10,12H,3,6-9,11H2,1-2H3,(H,20,23). The molecule has 1 heterocycles. The lowest BCUT2D eigenvalue weighted by atomic mass is 10.2. The van der Waals surface area contributed by atoms with E-state index >= 15 is 0 Å². The molecule has 1 atom stereocenters. The van der Waals surface area contributed by atoms with Crippen molar-refractivity contribution in [1.82, 2.24) is 15.1 Å². The highest BCUT2D eigenvalue weighted by Crippen LogP contribution is 2.23. The molecule has 0 bridgehead atoms. The van der Waals surface area contributed by atoms with Crippen LogP contribution in [0.5, 0.6) is 0 Å². The Labute approximate surface area is 156 Å². The van der Waals surface area contributed by atoms with Crippen molar-refractivity contribution in [3.8, 4) is 0 Å². The van der Waals surface area contributed by atoms with E-state index in [1.807, 2.05) is 13.8 Å². The van der Waals surface area contributed by atoms with E-state index in [0.717, 1.165) is 10.9 Å².